The molecule has 0 unspecified atom stereocenters. The van der Waals surface area contributed by atoms with E-state index in [1.807, 2.05) is 0 Å². The number of carbonyl (C=O) groups excluding carboxylic acids is 1. The second-order valence-corrected chi connectivity index (χ2v) is 9.07. The van der Waals surface area contributed by atoms with Crippen LogP contribution >= 0.6 is 0 Å². The molecule has 0 aliphatic carbocycles. The fourth-order valence-corrected chi connectivity index (χ4v) is 1.60. The summed E-state index contributed by atoms with van der Waals surface area (Å²) in [5, 5.41) is 0. The first-order valence-corrected chi connectivity index (χ1v) is 8.50. The van der Waals surface area contributed by atoms with Gasteiger partial charge in [-0.1, -0.05) is 26.1 Å². The molecule has 0 heterocycles. The van der Waals surface area contributed by atoms with Crippen molar-refractivity contribution in [3.63, 3.8) is 0 Å². The fraction of sp³-hybridized carbons (Fsp3) is 0.727. The van der Waals surface area contributed by atoms with Crippen molar-refractivity contribution in [2.45, 2.75) is 51.7 Å². The first-order valence-electron chi connectivity index (χ1n) is 5.00. The number of aldehydes is 1. The highest BCUT2D eigenvalue weighted by Gasteiger charge is 2.06. The van der Waals surface area contributed by atoms with E-state index in [4.69, 9.17) is 0 Å². The number of unbranched alkanes of at least 4 members (excludes halogenated alkanes) is 4. The van der Waals surface area contributed by atoms with Gasteiger partial charge in [-0.2, -0.15) is 0 Å². The highest BCUT2D eigenvalue weighted by molar-refractivity contribution is 6.83. The van der Waals surface area contributed by atoms with Crippen LogP contribution in [0.2, 0.25) is 19.6 Å². The van der Waals surface area contributed by atoms with Crippen LogP contribution in [0, 0.1) is 11.5 Å². The summed E-state index contributed by atoms with van der Waals surface area (Å²) in [6.07, 6.45) is 6.01. The molecule has 13 heavy (non-hydrogen) atoms. The smallest absolute Gasteiger partial charge is 0.129 e. The van der Waals surface area contributed by atoms with Crippen molar-refractivity contribution in [3.05, 3.63) is 0 Å². The van der Waals surface area contributed by atoms with Gasteiger partial charge in [0.05, 0.1) is 0 Å². The summed E-state index contributed by atoms with van der Waals surface area (Å²) in [6.45, 7) is 6.77. The van der Waals surface area contributed by atoms with Crippen LogP contribution in [0.4, 0.5) is 0 Å². The second-order valence-electron chi connectivity index (χ2n) is 4.32. The van der Waals surface area contributed by atoms with E-state index in [0.717, 1.165) is 32.0 Å². The van der Waals surface area contributed by atoms with Crippen molar-refractivity contribution in [1.82, 2.24) is 0 Å². The minimum absolute atomic E-state index is 0.710. The van der Waals surface area contributed by atoms with E-state index < -0.39 is 8.07 Å². The van der Waals surface area contributed by atoms with Crippen LogP contribution in [-0.2, 0) is 4.79 Å². The van der Waals surface area contributed by atoms with Crippen molar-refractivity contribution in [1.29, 1.82) is 0 Å². The maximum absolute atomic E-state index is 10.0. The first-order chi connectivity index (χ1) is 6.06. The normalized spacial score (nSPS) is 10.4. The van der Waals surface area contributed by atoms with Gasteiger partial charge in [-0.15, -0.1) is 11.5 Å². The van der Waals surface area contributed by atoms with E-state index in [-0.39, 0.29) is 0 Å². The van der Waals surface area contributed by atoms with Gasteiger partial charge in [0.1, 0.15) is 14.4 Å². The highest BCUT2D eigenvalue weighted by atomic mass is 28.3. The molecule has 0 spiro atoms. The lowest BCUT2D eigenvalue weighted by molar-refractivity contribution is -0.107. The summed E-state index contributed by atoms with van der Waals surface area (Å²) >= 11 is 0. The Kier molecular flexibility index (Phi) is 6.62. The Hall–Kier alpha value is -0.553. The molecule has 0 aromatic heterocycles. The van der Waals surface area contributed by atoms with Crippen LogP contribution in [0.15, 0.2) is 0 Å². The van der Waals surface area contributed by atoms with Gasteiger partial charge in [0.25, 0.3) is 0 Å². The molecule has 0 radical (unpaired) electrons. The minimum atomic E-state index is -1.15. The summed E-state index contributed by atoms with van der Waals surface area (Å²) in [6, 6.07) is 0. The lowest BCUT2D eigenvalue weighted by atomic mass is 10.2. The molecule has 2 heteroatoms. The SMILES string of the molecule is C[Si](C)(C)C#CCCCCCC=O. The van der Waals surface area contributed by atoms with E-state index >= 15 is 0 Å². The number of hydrogen-bond donors (Lipinski definition) is 0. The number of hydrogen-bond acceptors (Lipinski definition) is 1. The van der Waals surface area contributed by atoms with Gasteiger partial charge in [-0.25, -0.2) is 0 Å². The zero-order valence-electron chi connectivity index (χ0n) is 9.02. The average Bonchev–Trinajstić information content (AvgIpc) is 2.01. The van der Waals surface area contributed by atoms with Gasteiger partial charge < -0.3 is 4.79 Å². The summed E-state index contributed by atoms with van der Waals surface area (Å²) in [4.78, 5) is 10.0. The number of rotatable bonds is 5. The fourth-order valence-electron chi connectivity index (χ4n) is 0.946. The molecule has 0 rings (SSSR count). The van der Waals surface area contributed by atoms with Crippen molar-refractivity contribution in [3.8, 4) is 11.5 Å². The molecular weight excluding hydrogens is 176 g/mol. The largest absolute Gasteiger partial charge is 0.303 e. The van der Waals surface area contributed by atoms with Gasteiger partial charge in [-0.3, -0.25) is 0 Å². The van der Waals surface area contributed by atoms with Crippen molar-refractivity contribution in [2.75, 3.05) is 0 Å². The lowest BCUT2D eigenvalue weighted by Gasteiger charge is -2.03. The maximum atomic E-state index is 10.0. The van der Waals surface area contributed by atoms with Crippen molar-refractivity contribution in [2.24, 2.45) is 0 Å². The predicted octanol–water partition coefficient (Wildman–Crippen LogP) is 3.02. The molecule has 0 aromatic rings. The maximum Gasteiger partial charge on any atom is 0.129 e. The topological polar surface area (TPSA) is 17.1 Å². The van der Waals surface area contributed by atoms with E-state index in [0.29, 0.717) is 6.42 Å². The Labute approximate surface area is 82.9 Å². The summed E-state index contributed by atoms with van der Waals surface area (Å²) < 4.78 is 0. The number of carbonyl (C=O) groups is 1. The molecule has 0 bridgehead atoms. The van der Waals surface area contributed by atoms with E-state index in [1.165, 1.54) is 0 Å². The zero-order chi connectivity index (χ0) is 10.2. The van der Waals surface area contributed by atoms with Gasteiger partial charge in [0.2, 0.25) is 0 Å². The summed E-state index contributed by atoms with van der Waals surface area (Å²) in [5.74, 6) is 3.23. The van der Waals surface area contributed by atoms with Crippen LogP contribution < -0.4 is 0 Å². The van der Waals surface area contributed by atoms with E-state index in [2.05, 4.69) is 31.1 Å². The molecule has 0 amide bonds. The van der Waals surface area contributed by atoms with Gasteiger partial charge in [0.15, 0.2) is 0 Å². The van der Waals surface area contributed by atoms with Crippen LogP contribution in [-0.4, -0.2) is 14.4 Å². The second kappa shape index (κ2) is 6.91. The Morgan fingerprint density at radius 1 is 1.15 bits per heavy atom. The van der Waals surface area contributed by atoms with Gasteiger partial charge >= 0.3 is 0 Å². The van der Waals surface area contributed by atoms with E-state index in [1.54, 1.807) is 0 Å². The molecule has 74 valence electrons. The third-order valence-corrected chi connectivity index (χ3v) is 2.51. The summed E-state index contributed by atoms with van der Waals surface area (Å²) in [7, 11) is -1.15. The molecule has 0 N–H and O–H groups in total. The Bertz CT molecular complexity index is 192. The first kappa shape index (κ1) is 12.4. The molecule has 0 saturated carbocycles. The van der Waals surface area contributed by atoms with Crippen LogP contribution in [0.1, 0.15) is 32.1 Å². The molecule has 0 atom stereocenters. The Morgan fingerprint density at radius 2 is 1.85 bits per heavy atom. The van der Waals surface area contributed by atoms with Crippen molar-refractivity contribution >= 4 is 14.4 Å². The monoisotopic (exact) mass is 196 g/mol. The van der Waals surface area contributed by atoms with Crippen molar-refractivity contribution < 1.29 is 4.79 Å². The predicted molar refractivity (Wildman–Crippen MR) is 60.3 cm³/mol. The van der Waals surface area contributed by atoms with Gasteiger partial charge in [0, 0.05) is 12.8 Å². The van der Waals surface area contributed by atoms with E-state index in [9.17, 15) is 4.79 Å². The Balaban J connectivity index is 3.33. The summed E-state index contributed by atoms with van der Waals surface area (Å²) in [5.41, 5.74) is 3.33. The molecule has 1 nitrogen and oxygen atoms in total. The molecule has 0 aliphatic rings. The quantitative estimate of drug-likeness (QED) is 0.286. The molecular formula is C11H20OSi. The zero-order valence-corrected chi connectivity index (χ0v) is 10.0. The minimum Gasteiger partial charge on any atom is -0.303 e. The molecule has 0 aromatic carbocycles. The lowest BCUT2D eigenvalue weighted by Crippen LogP contribution is -2.16. The standard InChI is InChI=1S/C11H20OSi/c1-13(2,3)11-9-7-5-4-6-8-10-12/h10H,4-8H2,1-3H3. The van der Waals surface area contributed by atoms with Crippen LogP contribution in [0.3, 0.4) is 0 Å². The van der Waals surface area contributed by atoms with Crippen LogP contribution in [0.5, 0.6) is 0 Å². The van der Waals surface area contributed by atoms with Crippen LogP contribution in [0.25, 0.3) is 0 Å². The van der Waals surface area contributed by atoms with Gasteiger partial charge in [-0.05, 0) is 12.8 Å². The third-order valence-electron chi connectivity index (χ3n) is 1.59. The third kappa shape index (κ3) is 11.4. The molecule has 0 fully saturated rings. The average molecular weight is 196 g/mol. The highest BCUT2D eigenvalue weighted by Crippen LogP contribution is 2.02. The molecule has 0 saturated heterocycles. The molecule has 0 aliphatic heterocycles. The Morgan fingerprint density at radius 3 is 2.38 bits per heavy atom.